The summed E-state index contributed by atoms with van der Waals surface area (Å²) >= 11 is 0. The highest BCUT2D eigenvalue weighted by atomic mass is 19.4. The van der Waals surface area contributed by atoms with Crippen LogP contribution in [0.25, 0.3) is 0 Å². The molecule has 1 aromatic carbocycles. The molecule has 7 heteroatoms. The van der Waals surface area contributed by atoms with Gasteiger partial charge in [-0.2, -0.15) is 23.4 Å². The molecule has 0 heterocycles. The number of hydrogen-bond donors (Lipinski definition) is 0. The molecule has 0 aliphatic heterocycles. The maximum absolute atomic E-state index is 13.1. The van der Waals surface area contributed by atoms with E-state index in [2.05, 4.69) is 15.0 Å². The zero-order chi connectivity index (χ0) is 16.2. The molecule has 0 amide bonds. The Balaban J connectivity index is 2.15. The van der Waals surface area contributed by atoms with E-state index in [0.29, 0.717) is 5.69 Å². The van der Waals surface area contributed by atoms with Crippen molar-refractivity contribution in [3.8, 4) is 0 Å². The summed E-state index contributed by atoms with van der Waals surface area (Å²) in [5.41, 5.74) is -1.77. The van der Waals surface area contributed by atoms with Gasteiger partial charge < -0.3 is 4.74 Å². The van der Waals surface area contributed by atoms with Crippen molar-refractivity contribution in [2.24, 2.45) is 10.2 Å². The van der Waals surface area contributed by atoms with Gasteiger partial charge in [0.15, 0.2) is 0 Å². The normalized spacial score (nSPS) is 21.7. The molecule has 0 fully saturated rings. The molecular weight excluding hydrogens is 297 g/mol. The van der Waals surface area contributed by atoms with E-state index in [1.54, 1.807) is 24.3 Å². The summed E-state index contributed by atoms with van der Waals surface area (Å²) in [5.74, 6) is -0.996. The van der Waals surface area contributed by atoms with Gasteiger partial charge in [0.05, 0.1) is 11.4 Å². The quantitative estimate of drug-likeness (QED) is 0.610. The van der Waals surface area contributed by atoms with Gasteiger partial charge in [-0.15, -0.1) is 0 Å². The number of allylic oxidation sites excluding steroid dienone is 1. The lowest BCUT2D eigenvalue weighted by molar-refractivity contribution is -0.250. The number of rotatable bonds is 3. The Labute approximate surface area is 125 Å². The molecule has 116 valence electrons. The highest BCUT2D eigenvalue weighted by molar-refractivity contribution is 5.67. The van der Waals surface area contributed by atoms with Crippen molar-refractivity contribution in [2.45, 2.75) is 25.1 Å². The van der Waals surface area contributed by atoms with Gasteiger partial charge in [0.25, 0.3) is 0 Å². The van der Waals surface area contributed by atoms with Crippen LogP contribution in [0.1, 0.15) is 13.3 Å². The summed E-state index contributed by atoms with van der Waals surface area (Å²) < 4.78 is 43.9. The van der Waals surface area contributed by atoms with Gasteiger partial charge in [0.2, 0.25) is 5.60 Å². The summed E-state index contributed by atoms with van der Waals surface area (Å²) in [7, 11) is 0. The van der Waals surface area contributed by atoms with Gasteiger partial charge >= 0.3 is 12.1 Å². The molecule has 1 aliphatic carbocycles. The molecule has 1 unspecified atom stereocenters. The van der Waals surface area contributed by atoms with Crippen molar-refractivity contribution in [3.63, 3.8) is 0 Å². The number of ether oxygens (including phenoxy) is 1. The zero-order valence-corrected chi connectivity index (χ0v) is 11.7. The number of hydrogen-bond acceptors (Lipinski definition) is 4. The maximum Gasteiger partial charge on any atom is 0.432 e. The molecule has 0 bridgehead atoms. The van der Waals surface area contributed by atoms with E-state index in [9.17, 15) is 18.0 Å². The standard InChI is InChI=1S/C15H13F3N2O2/c1-11(21)22-14(15(16,17)18)9-7-13(8-10-14)20-19-12-5-3-2-4-6-12/h2-9H,10H2,1H3. The third-order valence-corrected chi connectivity index (χ3v) is 2.98. The molecular formula is C15H13F3N2O2. The lowest BCUT2D eigenvalue weighted by Gasteiger charge is -2.32. The molecule has 2 rings (SSSR count). The van der Waals surface area contributed by atoms with Crippen molar-refractivity contribution < 1.29 is 22.7 Å². The largest absolute Gasteiger partial charge is 0.445 e. The highest BCUT2D eigenvalue weighted by Gasteiger charge is 2.56. The summed E-state index contributed by atoms with van der Waals surface area (Å²) in [4.78, 5) is 10.9. The van der Waals surface area contributed by atoms with Crippen LogP contribution < -0.4 is 0 Å². The van der Waals surface area contributed by atoms with E-state index < -0.39 is 24.2 Å². The average Bonchev–Trinajstić information content (AvgIpc) is 2.46. The SMILES string of the molecule is CC(=O)OC1(C(F)(F)F)C=CC(N=Nc2ccccc2)=CC1. The Hall–Kier alpha value is -2.44. The molecule has 1 aliphatic rings. The Morgan fingerprint density at radius 2 is 1.91 bits per heavy atom. The number of carbonyl (C=O) groups is 1. The first-order chi connectivity index (χ1) is 10.3. The van der Waals surface area contributed by atoms with Gasteiger partial charge in [-0.1, -0.05) is 24.3 Å². The van der Waals surface area contributed by atoms with Crippen LogP contribution in [0.5, 0.6) is 0 Å². The fourth-order valence-corrected chi connectivity index (χ4v) is 1.90. The van der Waals surface area contributed by atoms with Crippen molar-refractivity contribution in [2.75, 3.05) is 0 Å². The van der Waals surface area contributed by atoms with E-state index >= 15 is 0 Å². The Morgan fingerprint density at radius 1 is 1.23 bits per heavy atom. The van der Waals surface area contributed by atoms with Gasteiger partial charge in [-0.25, -0.2) is 0 Å². The number of nitrogens with zero attached hydrogens (tertiary/aromatic N) is 2. The molecule has 0 saturated carbocycles. The van der Waals surface area contributed by atoms with Crippen LogP contribution >= 0.6 is 0 Å². The summed E-state index contributed by atoms with van der Waals surface area (Å²) in [6.07, 6.45) is -2.05. The van der Waals surface area contributed by atoms with Crippen LogP contribution in [-0.4, -0.2) is 17.7 Å². The summed E-state index contributed by atoms with van der Waals surface area (Å²) in [6, 6.07) is 8.80. The van der Waals surface area contributed by atoms with Gasteiger partial charge in [0.1, 0.15) is 0 Å². The molecule has 4 nitrogen and oxygen atoms in total. The molecule has 1 atom stereocenters. The van der Waals surface area contributed by atoms with Crippen molar-refractivity contribution in [1.82, 2.24) is 0 Å². The number of carbonyl (C=O) groups excluding carboxylic acids is 1. The van der Waals surface area contributed by atoms with E-state index in [0.717, 1.165) is 19.1 Å². The number of alkyl halides is 3. The molecule has 0 aromatic heterocycles. The Kier molecular flexibility index (Phi) is 4.44. The van der Waals surface area contributed by atoms with Crippen LogP contribution in [0.3, 0.4) is 0 Å². The monoisotopic (exact) mass is 310 g/mol. The third kappa shape index (κ3) is 3.60. The predicted octanol–water partition coefficient (Wildman–Crippen LogP) is 4.48. The molecule has 0 radical (unpaired) electrons. The minimum absolute atomic E-state index is 0.274. The number of benzene rings is 1. The third-order valence-electron chi connectivity index (χ3n) is 2.98. The fraction of sp³-hybridized carbons (Fsp3) is 0.267. The first-order valence-corrected chi connectivity index (χ1v) is 6.45. The van der Waals surface area contributed by atoms with Crippen LogP contribution in [-0.2, 0) is 9.53 Å². The van der Waals surface area contributed by atoms with E-state index in [1.807, 2.05) is 6.07 Å². The number of esters is 1. The minimum Gasteiger partial charge on any atom is -0.445 e. The summed E-state index contributed by atoms with van der Waals surface area (Å²) in [5, 5.41) is 7.79. The first kappa shape index (κ1) is 15.9. The molecule has 1 aromatic rings. The van der Waals surface area contributed by atoms with E-state index in [4.69, 9.17) is 0 Å². The number of halogens is 3. The van der Waals surface area contributed by atoms with Crippen LogP contribution in [0.15, 0.2) is 64.5 Å². The second kappa shape index (κ2) is 6.13. The van der Waals surface area contributed by atoms with Gasteiger partial charge in [-0.3, -0.25) is 4.79 Å². The Bertz CT molecular complexity index is 636. The topological polar surface area (TPSA) is 51.0 Å². The molecule has 22 heavy (non-hydrogen) atoms. The molecule has 0 spiro atoms. The second-order valence-corrected chi connectivity index (χ2v) is 4.68. The number of azo groups is 1. The smallest absolute Gasteiger partial charge is 0.432 e. The van der Waals surface area contributed by atoms with Crippen LogP contribution in [0, 0.1) is 0 Å². The predicted molar refractivity (Wildman–Crippen MR) is 73.4 cm³/mol. The highest BCUT2D eigenvalue weighted by Crippen LogP contribution is 2.40. The first-order valence-electron chi connectivity index (χ1n) is 6.45. The average molecular weight is 310 g/mol. The van der Waals surface area contributed by atoms with Gasteiger partial charge in [0, 0.05) is 13.3 Å². The lowest BCUT2D eigenvalue weighted by atomic mass is 9.93. The molecule has 0 N–H and O–H groups in total. The minimum atomic E-state index is -4.70. The molecule has 0 saturated heterocycles. The fourth-order valence-electron chi connectivity index (χ4n) is 1.90. The maximum atomic E-state index is 13.1. The van der Waals surface area contributed by atoms with Crippen LogP contribution in [0.2, 0.25) is 0 Å². The van der Waals surface area contributed by atoms with Crippen molar-refractivity contribution in [3.05, 3.63) is 54.3 Å². The second-order valence-electron chi connectivity index (χ2n) is 4.68. The van der Waals surface area contributed by atoms with Crippen molar-refractivity contribution in [1.29, 1.82) is 0 Å². The van der Waals surface area contributed by atoms with Gasteiger partial charge in [-0.05, 0) is 24.3 Å². The zero-order valence-electron chi connectivity index (χ0n) is 11.7. The lowest BCUT2D eigenvalue weighted by Crippen LogP contribution is -2.47. The van der Waals surface area contributed by atoms with E-state index in [-0.39, 0.29) is 5.70 Å². The van der Waals surface area contributed by atoms with Crippen LogP contribution in [0.4, 0.5) is 18.9 Å². The van der Waals surface area contributed by atoms with E-state index in [1.165, 1.54) is 6.08 Å². The Morgan fingerprint density at radius 3 is 2.41 bits per heavy atom. The summed E-state index contributed by atoms with van der Waals surface area (Å²) in [6.45, 7) is 0.940. The van der Waals surface area contributed by atoms with Crippen molar-refractivity contribution >= 4 is 11.7 Å².